The van der Waals surface area contributed by atoms with Crippen molar-refractivity contribution in [3.8, 4) is 0 Å². The van der Waals surface area contributed by atoms with Gasteiger partial charge in [0.15, 0.2) is 0 Å². The highest BCUT2D eigenvalue weighted by Gasteiger charge is 2.05. The summed E-state index contributed by atoms with van der Waals surface area (Å²) in [5.41, 5.74) is 2.50. The maximum Gasteiger partial charge on any atom is 0.306 e. The molecule has 0 fully saturated rings. The molecule has 0 unspecified atom stereocenters. The maximum atomic E-state index is 10.9. The lowest BCUT2D eigenvalue weighted by Crippen LogP contribution is -2.10. The molecule has 0 aromatic carbocycles. The average molecular weight is 256 g/mol. The van der Waals surface area contributed by atoms with Crippen molar-refractivity contribution >= 4 is 23.5 Å². The molecule has 1 rings (SSSR count). The first-order chi connectivity index (χ1) is 8.19. The van der Waals surface area contributed by atoms with Crippen molar-refractivity contribution < 1.29 is 9.53 Å². The Morgan fingerprint density at radius 3 is 2.94 bits per heavy atom. The van der Waals surface area contributed by atoms with Crippen LogP contribution in [0.25, 0.3) is 0 Å². The minimum atomic E-state index is -0.223. The van der Waals surface area contributed by atoms with Crippen LogP contribution in [0.4, 0.5) is 5.82 Å². The zero-order valence-corrected chi connectivity index (χ0v) is 10.7. The fraction of sp³-hybridized carbons (Fsp3) is 0.500. The van der Waals surface area contributed by atoms with Crippen LogP contribution < -0.4 is 11.3 Å². The molecule has 0 spiro atoms. The molecule has 17 heavy (non-hydrogen) atoms. The first kappa shape index (κ1) is 13.7. The predicted molar refractivity (Wildman–Crippen MR) is 66.6 cm³/mol. The van der Waals surface area contributed by atoms with Gasteiger partial charge in [0.05, 0.1) is 13.5 Å². The number of aromatic nitrogens is 2. The van der Waals surface area contributed by atoms with Crippen LogP contribution in [-0.4, -0.2) is 28.8 Å². The lowest BCUT2D eigenvalue weighted by atomic mass is 10.4. The van der Waals surface area contributed by atoms with Gasteiger partial charge in [-0.1, -0.05) is 6.92 Å². The molecule has 0 bridgehead atoms. The van der Waals surface area contributed by atoms with Crippen molar-refractivity contribution in [3.05, 3.63) is 11.9 Å². The van der Waals surface area contributed by atoms with Gasteiger partial charge in [-0.25, -0.2) is 15.8 Å². The SMILES string of the molecule is CCc1nc(NN)cc(SCCC(=O)OC)n1. The van der Waals surface area contributed by atoms with Gasteiger partial charge in [0.1, 0.15) is 16.7 Å². The van der Waals surface area contributed by atoms with Crippen molar-refractivity contribution in [3.63, 3.8) is 0 Å². The number of nitrogens with one attached hydrogen (secondary N) is 1. The second-order valence-electron chi connectivity index (χ2n) is 3.18. The average Bonchev–Trinajstić information content (AvgIpc) is 2.37. The standard InChI is InChI=1S/C10H16N4O2S/c1-3-7-12-8(14-11)6-9(13-7)17-5-4-10(15)16-2/h6H,3-5,11H2,1-2H3,(H,12,13,14). The highest BCUT2D eigenvalue weighted by atomic mass is 32.2. The van der Waals surface area contributed by atoms with Crippen molar-refractivity contribution in [1.82, 2.24) is 9.97 Å². The second-order valence-corrected chi connectivity index (χ2v) is 4.30. The van der Waals surface area contributed by atoms with E-state index in [1.54, 1.807) is 6.07 Å². The van der Waals surface area contributed by atoms with E-state index in [0.29, 0.717) is 18.0 Å². The van der Waals surface area contributed by atoms with Crippen LogP contribution >= 0.6 is 11.8 Å². The molecule has 3 N–H and O–H groups in total. The van der Waals surface area contributed by atoms with Gasteiger partial charge in [0, 0.05) is 18.2 Å². The number of thioether (sulfide) groups is 1. The quantitative estimate of drug-likeness (QED) is 0.258. The molecule has 0 saturated carbocycles. The van der Waals surface area contributed by atoms with Gasteiger partial charge in [0.2, 0.25) is 0 Å². The van der Waals surface area contributed by atoms with Crippen LogP contribution in [0.3, 0.4) is 0 Å². The fourth-order valence-electron chi connectivity index (χ4n) is 1.12. The zero-order valence-electron chi connectivity index (χ0n) is 9.90. The van der Waals surface area contributed by atoms with Gasteiger partial charge in [-0.2, -0.15) is 0 Å². The minimum Gasteiger partial charge on any atom is -0.469 e. The van der Waals surface area contributed by atoms with Gasteiger partial charge in [0.25, 0.3) is 0 Å². The van der Waals surface area contributed by atoms with E-state index in [1.165, 1.54) is 18.9 Å². The van der Waals surface area contributed by atoms with Crippen molar-refractivity contribution in [2.24, 2.45) is 5.84 Å². The Labute approximate surface area is 104 Å². The Balaban J connectivity index is 2.60. The molecule has 0 aliphatic heterocycles. The summed E-state index contributed by atoms with van der Waals surface area (Å²) in [6, 6.07) is 1.75. The Morgan fingerprint density at radius 1 is 1.59 bits per heavy atom. The van der Waals surface area contributed by atoms with Gasteiger partial charge in [-0.05, 0) is 0 Å². The molecule has 0 saturated heterocycles. The molecule has 6 nitrogen and oxygen atoms in total. The third-order valence-electron chi connectivity index (χ3n) is 2.00. The summed E-state index contributed by atoms with van der Waals surface area (Å²) in [7, 11) is 1.38. The van der Waals surface area contributed by atoms with Crippen LogP contribution in [0, 0.1) is 0 Å². The molecule has 0 aliphatic rings. The molecular weight excluding hydrogens is 240 g/mol. The highest BCUT2D eigenvalue weighted by Crippen LogP contribution is 2.19. The Morgan fingerprint density at radius 2 is 2.35 bits per heavy atom. The molecular formula is C10H16N4O2S. The number of rotatable bonds is 6. The lowest BCUT2D eigenvalue weighted by molar-refractivity contribution is -0.140. The Bertz CT molecular complexity index is 364. The summed E-state index contributed by atoms with van der Waals surface area (Å²) in [6.45, 7) is 1.97. The normalized spacial score (nSPS) is 10.1. The number of aryl methyl sites for hydroxylation is 1. The smallest absolute Gasteiger partial charge is 0.306 e. The largest absolute Gasteiger partial charge is 0.469 e. The number of nitrogens with zero attached hydrogens (tertiary/aromatic N) is 2. The molecule has 0 aliphatic carbocycles. The third kappa shape index (κ3) is 4.58. The predicted octanol–water partition coefficient (Wildman–Crippen LogP) is 0.980. The van der Waals surface area contributed by atoms with Gasteiger partial charge >= 0.3 is 5.97 Å². The topological polar surface area (TPSA) is 90.1 Å². The molecule has 1 aromatic rings. The van der Waals surface area contributed by atoms with Crippen molar-refractivity contribution in [2.45, 2.75) is 24.8 Å². The number of hydrogen-bond donors (Lipinski definition) is 2. The summed E-state index contributed by atoms with van der Waals surface area (Å²) >= 11 is 1.48. The number of hydrazine groups is 1. The maximum absolute atomic E-state index is 10.9. The molecule has 0 amide bonds. The number of hydrogen-bond acceptors (Lipinski definition) is 7. The highest BCUT2D eigenvalue weighted by molar-refractivity contribution is 7.99. The summed E-state index contributed by atoms with van der Waals surface area (Å²) < 4.78 is 4.56. The van der Waals surface area contributed by atoms with Gasteiger partial charge in [-0.3, -0.25) is 4.79 Å². The van der Waals surface area contributed by atoms with E-state index in [-0.39, 0.29) is 5.97 Å². The van der Waals surface area contributed by atoms with Crippen LogP contribution in [-0.2, 0) is 16.0 Å². The summed E-state index contributed by atoms with van der Waals surface area (Å²) in [6.07, 6.45) is 1.10. The van der Waals surface area contributed by atoms with E-state index >= 15 is 0 Å². The second kappa shape index (κ2) is 7.08. The van der Waals surface area contributed by atoms with E-state index < -0.39 is 0 Å². The molecule has 94 valence electrons. The van der Waals surface area contributed by atoms with Gasteiger partial charge in [-0.15, -0.1) is 11.8 Å². The molecule has 1 aromatic heterocycles. The molecule has 0 radical (unpaired) electrons. The minimum absolute atomic E-state index is 0.223. The van der Waals surface area contributed by atoms with E-state index in [2.05, 4.69) is 20.1 Å². The number of carbonyl (C=O) groups excluding carboxylic acids is 1. The molecule has 7 heteroatoms. The number of carbonyl (C=O) groups is 1. The third-order valence-corrected chi connectivity index (χ3v) is 2.91. The summed E-state index contributed by atoms with van der Waals surface area (Å²) in [4.78, 5) is 19.5. The Hall–Kier alpha value is -1.34. The Kier molecular flexibility index (Phi) is 5.71. The van der Waals surface area contributed by atoms with E-state index in [9.17, 15) is 4.79 Å². The van der Waals surface area contributed by atoms with Gasteiger partial charge < -0.3 is 10.2 Å². The first-order valence-corrected chi connectivity index (χ1v) is 6.22. The molecule has 1 heterocycles. The van der Waals surface area contributed by atoms with Crippen LogP contribution in [0.15, 0.2) is 11.1 Å². The van der Waals surface area contributed by atoms with Crippen LogP contribution in [0.2, 0.25) is 0 Å². The number of ether oxygens (including phenoxy) is 1. The monoisotopic (exact) mass is 256 g/mol. The molecule has 0 atom stereocenters. The fourth-order valence-corrected chi connectivity index (χ4v) is 1.96. The summed E-state index contributed by atoms with van der Waals surface area (Å²) in [5, 5.41) is 0.800. The number of anilines is 1. The van der Waals surface area contributed by atoms with E-state index in [0.717, 1.165) is 17.3 Å². The van der Waals surface area contributed by atoms with Crippen molar-refractivity contribution in [1.29, 1.82) is 0 Å². The summed E-state index contributed by atoms with van der Waals surface area (Å²) in [5.74, 6) is 7.02. The van der Waals surface area contributed by atoms with E-state index in [4.69, 9.17) is 5.84 Å². The first-order valence-electron chi connectivity index (χ1n) is 5.23. The zero-order chi connectivity index (χ0) is 12.7. The number of nitrogen functional groups attached to an aromatic ring is 1. The van der Waals surface area contributed by atoms with E-state index in [1.807, 2.05) is 6.92 Å². The number of nitrogens with two attached hydrogens (primary N) is 1. The number of esters is 1. The van der Waals surface area contributed by atoms with Crippen molar-refractivity contribution in [2.75, 3.05) is 18.3 Å². The van der Waals surface area contributed by atoms with Crippen LogP contribution in [0.1, 0.15) is 19.2 Å². The van der Waals surface area contributed by atoms with Crippen LogP contribution in [0.5, 0.6) is 0 Å². The lowest BCUT2D eigenvalue weighted by Gasteiger charge is -2.05. The number of methoxy groups -OCH3 is 1.